The summed E-state index contributed by atoms with van der Waals surface area (Å²) >= 11 is 0. The first-order valence-electron chi connectivity index (χ1n) is 12.7. The van der Waals surface area contributed by atoms with E-state index in [2.05, 4.69) is 22.2 Å². The third-order valence-electron chi connectivity index (χ3n) is 5.87. The summed E-state index contributed by atoms with van der Waals surface area (Å²) in [5, 5.41) is 11.2. The van der Waals surface area contributed by atoms with Crippen LogP contribution in [0.4, 0.5) is 0 Å². The van der Waals surface area contributed by atoms with E-state index < -0.39 is 5.97 Å². The molecular weight excluding hydrogens is 454 g/mol. The molecule has 190 valence electrons. The molecule has 0 aliphatic carbocycles. The van der Waals surface area contributed by atoms with Crippen LogP contribution < -0.4 is 10.1 Å². The fourth-order valence-corrected chi connectivity index (χ4v) is 3.74. The fourth-order valence-electron chi connectivity index (χ4n) is 3.74. The first-order chi connectivity index (χ1) is 17.5. The molecule has 1 aromatic heterocycles. The van der Waals surface area contributed by atoms with Crippen molar-refractivity contribution >= 4 is 11.9 Å². The highest BCUT2D eigenvalue weighted by Gasteiger charge is 2.07. The predicted molar refractivity (Wildman–Crippen MR) is 141 cm³/mol. The topological polar surface area (TPSA) is 101 Å². The molecule has 1 amide bonds. The number of carboxylic acids is 1. The van der Waals surface area contributed by atoms with E-state index in [-0.39, 0.29) is 18.9 Å². The van der Waals surface area contributed by atoms with Crippen molar-refractivity contribution in [2.75, 3.05) is 13.2 Å². The molecule has 0 aliphatic heterocycles. The number of aliphatic carboxylic acids is 1. The zero-order chi connectivity index (χ0) is 25.6. The molecule has 3 rings (SSSR count). The Morgan fingerprint density at radius 1 is 0.833 bits per heavy atom. The molecule has 0 unspecified atom stereocenters. The lowest BCUT2D eigenvalue weighted by atomic mass is 10.1. The number of aryl methyl sites for hydroxylation is 1. The molecule has 0 fully saturated rings. The zero-order valence-electron chi connectivity index (χ0n) is 20.9. The molecule has 2 aromatic carbocycles. The molecule has 0 spiro atoms. The van der Waals surface area contributed by atoms with Crippen LogP contribution in [0, 0.1) is 0 Å². The lowest BCUT2D eigenvalue weighted by Crippen LogP contribution is -2.26. The van der Waals surface area contributed by atoms with Crippen LogP contribution >= 0.6 is 0 Å². The fraction of sp³-hybridized carbons (Fsp3) is 0.379. The largest absolute Gasteiger partial charge is 0.494 e. The van der Waals surface area contributed by atoms with Gasteiger partial charge >= 0.3 is 5.97 Å². The summed E-state index contributed by atoms with van der Waals surface area (Å²) in [6.07, 6.45) is 10.6. The van der Waals surface area contributed by atoms with E-state index in [4.69, 9.17) is 9.84 Å². The van der Waals surface area contributed by atoms with Crippen LogP contribution in [-0.2, 0) is 16.0 Å². The van der Waals surface area contributed by atoms with Gasteiger partial charge in [0.25, 0.3) is 0 Å². The quantitative estimate of drug-likeness (QED) is 0.266. The summed E-state index contributed by atoms with van der Waals surface area (Å²) < 4.78 is 5.85. The van der Waals surface area contributed by atoms with E-state index >= 15 is 0 Å². The van der Waals surface area contributed by atoms with Crippen molar-refractivity contribution in [1.82, 2.24) is 15.3 Å². The van der Waals surface area contributed by atoms with Crippen LogP contribution in [0.25, 0.3) is 22.5 Å². The molecule has 0 saturated carbocycles. The molecular formula is C29H35N3O4. The number of amides is 1. The van der Waals surface area contributed by atoms with Gasteiger partial charge in [0.15, 0.2) is 5.82 Å². The van der Waals surface area contributed by atoms with Crippen LogP contribution in [0.15, 0.2) is 60.9 Å². The van der Waals surface area contributed by atoms with Gasteiger partial charge < -0.3 is 15.2 Å². The summed E-state index contributed by atoms with van der Waals surface area (Å²) in [5.74, 6) is 0.443. The standard InChI is InChI=1S/C29H35N3O4/c1-2-3-4-5-6-19-36-26-14-12-23(13-15-26)25-20-31-29(32-21-25)24-10-7-22(8-11-24)9-16-27(33)30-18-17-28(34)35/h7-8,10-15,20-21H,2-6,9,16-19H2,1H3,(H,30,33)(H,34,35). The molecule has 0 saturated heterocycles. The van der Waals surface area contributed by atoms with E-state index in [1.54, 1.807) is 0 Å². The average molecular weight is 490 g/mol. The highest BCUT2D eigenvalue weighted by atomic mass is 16.5. The number of unbranched alkanes of at least 4 members (excludes halogenated alkanes) is 4. The van der Waals surface area contributed by atoms with Crippen molar-refractivity contribution in [3.8, 4) is 28.3 Å². The van der Waals surface area contributed by atoms with Crippen molar-refractivity contribution in [3.05, 3.63) is 66.5 Å². The summed E-state index contributed by atoms with van der Waals surface area (Å²) in [4.78, 5) is 31.4. The lowest BCUT2D eigenvalue weighted by molar-refractivity contribution is -0.136. The van der Waals surface area contributed by atoms with E-state index in [0.29, 0.717) is 18.7 Å². The summed E-state index contributed by atoms with van der Waals surface area (Å²) in [6.45, 7) is 3.12. The molecule has 36 heavy (non-hydrogen) atoms. The number of hydrogen-bond donors (Lipinski definition) is 2. The minimum absolute atomic E-state index is 0.0712. The van der Waals surface area contributed by atoms with Gasteiger partial charge in [0.2, 0.25) is 5.91 Å². The highest BCUT2D eigenvalue weighted by molar-refractivity contribution is 5.77. The van der Waals surface area contributed by atoms with E-state index in [1.807, 2.05) is 60.9 Å². The number of nitrogens with zero attached hydrogens (tertiary/aromatic N) is 2. The summed E-state index contributed by atoms with van der Waals surface area (Å²) in [6, 6.07) is 15.8. The molecule has 0 aliphatic rings. The first kappa shape index (κ1) is 26.9. The maximum atomic E-state index is 11.8. The van der Waals surface area contributed by atoms with Crippen molar-refractivity contribution in [2.45, 2.75) is 58.3 Å². The van der Waals surface area contributed by atoms with Crippen LogP contribution in [0.2, 0.25) is 0 Å². The second kappa shape index (κ2) is 14.6. The molecule has 0 atom stereocenters. The number of carbonyl (C=O) groups excluding carboxylic acids is 1. The van der Waals surface area contributed by atoms with Gasteiger partial charge in [-0.2, -0.15) is 0 Å². The van der Waals surface area contributed by atoms with Gasteiger partial charge in [-0.1, -0.05) is 69.0 Å². The van der Waals surface area contributed by atoms with Gasteiger partial charge in [-0.15, -0.1) is 0 Å². The van der Waals surface area contributed by atoms with Gasteiger partial charge in [0.05, 0.1) is 13.0 Å². The predicted octanol–water partition coefficient (Wildman–Crippen LogP) is 5.68. The third-order valence-corrected chi connectivity index (χ3v) is 5.87. The number of benzene rings is 2. The lowest BCUT2D eigenvalue weighted by Gasteiger charge is -2.08. The number of ether oxygens (including phenoxy) is 1. The van der Waals surface area contributed by atoms with E-state index in [0.717, 1.165) is 41.0 Å². The van der Waals surface area contributed by atoms with Crippen molar-refractivity contribution in [3.63, 3.8) is 0 Å². The molecule has 3 aromatic rings. The number of rotatable bonds is 15. The van der Waals surface area contributed by atoms with E-state index in [9.17, 15) is 9.59 Å². The summed E-state index contributed by atoms with van der Waals surface area (Å²) in [7, 11) is 0. The molecule has 7 heteroatoms. The van der Waals surface area contributed by atoms with Crippen molar-refractivity contribution in [2.24, 2.45) is 0 Å². The maximum Gasteiger partial charge on any atom is 0.305 e. The second-order valence-corrected chi connectivity index (χ2v) is 8.77. The Hall–Kier alpha value is -3.74. The molecule has 1 heterocycles. The summed E-state index contributed by atoms with van der Waals surface area (Å²) in [5.41, 5.74) is 3.90. The zero-order valence-corrected chi connectivity index (χ0v) is 20.9. The van der Waals surface area contributed by atoms with Crippen molar-refractivity contribution in [1.29, 1.82) is 0 Å². The van der Waals surface area contributed by atoms with Gasteiger partial charge in [0, 0.05) is 36.5 Å². The second-order valence-electron chi connectivity index (χ2n) is 8.77. The molecule has 0 bridgehead atoms. The number of hydrogen-bond acceptors (Lipinski definition) is 5. The molecule has 7 nitrogen and oxygen atoms in total. The van der Waals surface area contributed by atoms with Crippen LogP contribution in [-0.4, -0.2) is 40.1 Å². The monoisotopic (exact) mass is 489 g/mol. The first-order valence-corrected chi connectivity index (χ1v) is 12.7. The Bertz CT molecular complexity index is 1080. The number of nitrogens with one attached hydrogen (secondary N) is 1. The van der Waals surface area contributed by atoms with Gasteiger partial charge in [-0.05, 0) is 36.1 Å². The van der Waals surface area contributed by atoms with E-state index in [1.165, 1.54) is 25.7 Å². The smallest absolute Gasteiger partial charge is 0.305 e. The number of carboxylic acid groups (broad SMARTS) is 1. The Morgan fingerprint density at radius 3 is 2.17 bits per heavy atom. The van der Waals surface area contributed by atoms with Gasteiger partial charge in [-0.25, -0.2) is 9.97 Å². The molecule has 2 N–H and O–H groups in total. The molecule has 0 radical (unpaired) electrons. The number of carbonyl (C=O) groups is 2. The van der Waals surface area contributed by atoms with Crippen LogP contribution in [0.1, 0.15) is 57.4 Å². The highest BCUT2D eigenvalue weighted by Crippen LogP contribution is 2.23. The van der Waals surface area contributed by atoms with Gasteiger partial charge in [-0.3, -0.25) is 9.59 Å². The Morgan fingerprint density at radius 2 is 1.50 bits per heavy atom. The Kier molecular flexibility index (Phi) is 10.9. The van der Waals surface area contributed by atoms with Crippen LogP contribution in [0.5, 0.6) is 5.75 Å². The van der Waals surface area contributed by atoms with Crippen molar-refractivity contribution < 1.29 is 19.4 Å². The minimum Gasteiger partial charge on any atom is -0.494 e. The normalized spacial score (nSPS) is 10.7. The minimum atomic E-state index is -0.924. The van der Waals surface area contributed by atoms with Gasteiger partial charge in [0.1, 0.15) is 5.75 Å². The SMILES string of the molecule is CCCCCCCOc1ccc(-c2cnc(-c3ccc(CCC(=O)NCCC(=O)O)cc3)nc2)cc1. The van der Waals surface area contributed by atoms with Crippen LogP contribution in [0.3, 0.4) is 0 Å². The Balaban J connectivity index is 1.47. The average Bonchev–Trinajstić information content (AvgIpc) is 2.90. The maximum absolute atomic E-state index is 11.8. The number of aromatic nitrogens is 2. The third kappa shape index (κ3) is 9.13. The Labute approximate surface area is 213 Å².